The van der Waals surface area contributed by atoms with Crippen molar-refractivity contribution in [2.24, 2.45) is 0 Å². The van der Waals surface area contributed by atoms with Crippen LogP contribution in [0.5, 0.6) is 0 Å². The molecular weight excluding hydrogens is 164 g/mol. The maximum Gasteiger partial charge on any atom is 0.328 e. The van der Waals surface area contributed by atoms with Gasteiger partial charge in [-0.2, -0.15) is 0 Å². The third kappa shape index (κ3) is 23.4. The van der Waals surface area contributed by atoms with E-state index in [0.717, 1.165) is 6.42 Å². The summed E-state index contributed by atoms with van der Waals surface area (Å²) in [5.74, 6) is -2.51. The van der Waals surface area contributed by atoms with E-state index in [1.165, 1.54) is 0 Å². The molecule has 0 spiro atoms. The van der Waals surface area contributed by atoms with Gasteiger partial charge < -0.3 is 15.3 Å². The fourth-order valence-corrected chi connectivity index (χ4v) is 0.143. The first-order valence-corrected chi connectivity index (χ1v) is 3.29. The van der Waals surface area contributed by atoms with E-state index in [2.05, 4.69) is 0 Å². The predicted octanol–water partition coefficient (Wildman–Crippen LogP) is 0.100. The lowest BCUT2D eigenvalue weighted by atomic mass is 10.5. The summed E-state index contributed by atoms with van der Waals surface area (Å²) < 4.78 is 0. The van der Waals surface area contributed by atoms with E-state index in [1.807, 2.05) is 6.92 Å². The molecule has 12 heavy (non-hydrogen) atoms. The van der Waals surface area contributed by atoms with E-state index in [-0.39, 0.29) is 0 Å². The molecule has 0 amide bonds. The van der Waals surface area contributed by atoms with Gasteiger partial charge in [0.05, 0.1) is 0 Å². The second-order valence-corrected chi connectivity index (χ2v) is 1.73. The number of rotatable bonds is 3. The van der Waals surface area contributed by atoms with Crippen LogP contribution in [0.2, 0.25) is 0 Å². The molecule has 0 radical (unpaired) electrons. The number of carbonyl (C=O) groups is 2. The second kappa shape index (κ2) is 9.64. The van der Waals surface area contributed by atoms with E-state index in [4.69, 9.17) is 15.3 Å². The number of carboxylic acid groups (broad SMARTS) is 2. The van der Waals surface area contributed by atoms with Crippen molar-refractivity contribution in [2.45, 2.75) is 13.3 Å². The van der Waals surface area contributed by atoms with Gasteiger partial charge in [0.15, 0.2) is 0 Å². The Morgan fingerprint density at radius 2 is 1.42 bits per heavy atom. The summed E-state index contributed by atoms with van der Waals surface area (Å²) in [5.41, 5.74) is 0. The molecule has 0 unspecified atom stereocenters. The Balaban J connectivity index is 0. The quantitative estimate of drug-likeness (QED) is 0.530. The van der Waals surface area contributed by atoms with Gasteiger partial charge in [-0.15, -0.1) is 0 Å². The number of aliphatic hydroxyl groups is 1. The Bertz CT molecular complexity index is 143. The number of hydrogen-bond acceptors (Lipinski definition) is 3. The second-order valence-electron chi connectivity index (χ2n) is 1.73. The van der Waals surface area contributed by atoms with Crippen LogP contribution in [0.15, 0.2) is 12.2 Å². The van der Waals surface area contributed by atoms with E-state index >= 15 is 0 Å². The van der Waals surface area contributed by atoms with Crippen molar-refractivity contribution in [1.82, 2.24) is 0 Å². The Morgan fingerprint density at radius 1 is 1.17 bits per heavy atom. The summed E-state index contributed by atoms with van der Waals surface area (Å²) in [6, 6.07) is 0. The molecule has 0 aliphatic carbocycles. The fraction of sp³-hybridized carbons (Fsp3) is 0.429. The highest BCUT2D eigenvalue weighted by atomic mass is 16.4. The third-order valence-corrected chi connectivity index (χ3v) is 0.592. The Hall–Kier alpha value is -1.36. The first-order valence-electron chi connectivity index (χ1n) is 3.29. The maximum atomic E-state index is 9.55. The molecule has 0 saturated heterocycles. The molecule has 0 heterocycles. The van der Waals surface area contributed by atoms with E-state index in [9.17, 15) is 9.59 Å². The maximum absolute atomic E-state index is 9.55. The molecule has 0 aliphatic heterocycles. The lowest BCUT2D eigenvalue weighted by Gasteiger charge is -1.74. The molecule has 70 valence electrons. The fourth-order valence-electron chi connectivity index (χ4n) is 0.143. The van der Waals surface area contributed by atoms with Crippen molar-refractivity contribution < 1.29 is 24.9 Å². The van der Waals surface area contributed by atoms with Crippen LogP contribution in [0.4, 0.5) is 0 Å². The molecule has 0 fully saturated rings. The summed E-state index contributed by atoms with van der Waals surface area (Å²) in [4.78, 5) is 19.1. The average Bonchev–Trinajstić information content (AvgIpc) is 2.01. The van der Waals surface area contributed by atoms with Gasteiger partial charge in [-0.3, -0.25) is 0 Å². The summed E-state index contributed by atoms with van der Waals surface area (Å²) in [5, 5.41) is 23.5. The van der Waals surface area contributed by atoms with Crippen LogP contribution in [0.1, 0.15) is 13.3 Å². The van der Waals surface area contributed by atoms with Gasteiger partial charge in [-0.25, -0.2) is 9.59 Å². The normalized spacial score (nSPS) is 8.83. The van der Waals surface area contributed by atoms with Crippen molar-refractivity contribution in [3.05, 3.63) is 12.2 Å². The molecule has 5 heteroatoms. The van der Waals surface area contributed by atoms with Crippen LogP contribution in [-0.2, 0) is 9.59 Å². The van der Waals surface area contributed by atoms with E-state index in [0.29, 0.717) is 18.8 Å². The number of aliphatic carboxylic acids is 2. The largest absolute Gasteiger partial charge is 0.478 e. The van der Waals surface area contributed by atoms with Gasteiger partial charge >= 0.3 is 11.9 Å². The van der Waals surface area contributed by atoms with Crippen LogP contribution in [0.25, 0.3) is 0 Å². The van der Waals surface area contributed by atoms with Crippen LogP contribution >= 0.6 is 0 Å². The summed E-state index contributed by atoms with van der Waals surface area (Å²) in [7, 11) is 0. The summed E-state index contributed by atoms with van der Waals surface area (Å²) >= 11 is 0. The average molecular weight is 176 g/mol. The first kappa shape index (κ1) is 13.2. The molecule has 0 aromatic rings. The molecular formula is C7H12O5. The third-order valence-electron chi connectivity index (χ3n) is 0.592. The van der Waals surface area contributed by atoms with E-state index < -0.39 is 11.9 Å². The van der Waals surface area contributed by atoms with E-state index in [1.54, 1.807) is 0 Å². The highest BCUT2D eigenvalue weighted by Crippen LogP contribution is 1.70. The van der Waals surface area contributed by atoms with Crippen LogP contribution in [0, 0.1) is 0 Å². The Labute approximate surface area is 70.0 Å². The number of carboxylic acids is 2. The molecule has 5 nitrogen and oxygen atoms in total. The zero-order valence-electron chi connectivity index (χ0n) is 6.73. The molecule has 0 saturated carbocycles. The van der Waals surface area contributed by atoms with Gasteiger partial charge in [-0.1, -0.05) is 6.92 Å². The first-order chi connectivity index (χ1) is 5.54. The van der Waals surface area contributed by atoms with Gasteiger partial charge in [0.1, 0.15) is 0 Å². The van der Waals surface area contributed by atoms with Crippen molar-refractivity contribution in [3.63, 3.8) is 0 Å². The Kier molecular flexibility index (Phi) is 10.6. The van der Waals surface area contributed by atoms with Crippen molar-refractivity contribution in [1.29, 1.82) is 0 Å². The number of hydrogen-bond donors (Lipinski definition) is 3. The number of aliphatic hydroxyl groups excluding tert-OH is 1. The molecule has 0 aliphatic rings. The minimum Gasteiger partial charge on any atom is -0.478 e. The minimum atomic E-state index is -1.26. The van der Waals surface area contributed by atoms with Crippen molar-refractivity contribution in [3.8, 4) is 0 Å². The zero-order chi connectivity index (χ0) is 9.98. The van der Waals surface area contributed by atoms with Crippen molar-refractivity contribution >= 4 is 11.9 Å². The summed E-state index contributed by atoms with van der Waals surface area (Å²) in [6.45, 7) is 2.25. The van der Waals surface area contributed by atoms with Gasteiger partial charge in [-0.05, 0) is 6.42 Å². The molecule has 0 atom stereocenters. The van der Waals surface area contributed by atoms with Crippen molar-refractivity contribution in [2.75, 3.05) is 6.61 Å². The Morgan fingerprint density at radius 3 is 1.50 bits per heavy atom. The topological polar surface area (TPSA) is 94.8 Å². The SMILES string of the molecule is CCCO.O=C(O)C=CC(=O)O. The van der Waals surface area contributed by atoms with Gasteiger partial charge in [0, 0.05) is 18.8 Å². The predicted molar refractivity (Wildman–Crippen MR) is 41.8 cm³/mol. The zero-order valence-corrected chi connectivity index (χ0v) is 6.73. The highest BCUT2D eigenvalue weighted by Gasteiger charge is 1.88. The molecule has 0 aromatic heterocycles. The molecule has 3 N–H and O–H groups in total. The van der Waals surface area contributed by atoms with Gasteiger partial charge in [0.25, 0.3) is 0 Å². The highest BCUT2D eigenvalue weighted by molar-refractivity contribution is 5.89. The molecule has 0 aromatic carbocycles. The van der Waals surface area contributed by atoms with Crippen LogP contribution in [-0.4, -0.2) is 33.9 Å². The minimum absolute atomic E-state index is 0.319. The lowest BCUT2D eigenvalue weighted by Crippen LogP contribution is -1.91. The molecule has 0 bridgehead atoms. The summed E-state index contributed by atoms with van der Waals surface area (Å²) in [6.07, 6.45) is 1.99. The van der Waals surface area contributed by atoms with Crippen LogP contribution < -0.4 is 0 Å². The van der Waals surface area contributed by atoms with Gasteiger partial charge in [0.2, 0.25) is 0 Å². The molecule has 0 rings (SSSR count). The lowest BCUT2D eigenvalue weighted by molar-refractivity contribution is -0.134. The van der Waals surface area contributed by atoms with Crippen LogP contribution in [0.3, 0.4) is 0 Å². The monoisotopic (exact) mass is 176 g/mol. The standard InChI is InChI=1S/C4H4O4.C3H8O/c5-3(6)1-2-4(7)8;1-2-3-4/h1-2H,(H,5,6)(H,7,8);4H,2-3H2,1H3. The smallest absolute Gasteiger partial charge is 0.328 e.